The van der Waals surface area contributed by atoms with Crippen molar-refractivity contribution in [2.75, 3.05) is 21.3 Å². The molecular formula is C22H18N2O6. The second-order valence-corrected chi connectivity index (χ2v) is 6.42. The van der Waals surface area contributed by atoms with Gasteiger partial charge in [0.15, 0.2) is 22.8 Å². The maximum atomic E-state index is 11.3. The molecule has 0 fully saturated rings. The Balaban J connectivity index is 1.75. The largest absolute Gasteiger partial charge is 0.493 e. The lowest BCUT2D eigenvalue weighted by Crippen LogP contribution is -1.94. The van der Waals surface area contributed by atoms with E-state index >= 15 is 0 Å². The van der Waals surface area contributed by atoms with Crippen molar-refractivity contribution in [1.29, 1.82) is 0 Å². The number of hydrogen-bond donors (Lipinski definition) is 0. The summed E-state index contributed by atoms with van der Waals surface area (Å²) in [6.45, 7) is 0. The molecule has 0 aliphatic carbocycles. The van der Waals surface area contributed by atoms with Crippen molar-refractivity contribution in [3.63, 3.8) is 0 Å². The van der Waals surface area contributed by atoms with Crippen LogP contribution in [0.1, 0.15) is 0 Å². The van der Waals surface area contributed by atoms with E-state index in [1.54, 1.807) is 20.3 Å². The molecule has 4 rings (SSSR count). The molecule has 0 bridgehead atoms. The second-order valence-electron chi connectivity index (χ2n) is 6.42. The van der Waals surface area contributed by atoms with Crippen molar-refractivity contribution in [1.82, 2.24) is 4.98 Å². The van der Waals surface area contributed by atoms with E-state index in [0.717, 1.165) is 11.1 Å². The van der Waals surface area contributed by atoms with Crippen molar-refractivity contribution in [3.05, 3.63) is 64.7 Å². The number of nitro groups is 1. The molecule has 8 nitrogen and oxygen atoms in total. The number of aromatic nitrogens is 1. The maximum Gasteiger partial charge on any atom is 0.311 e. The summed E-state index contributed by atoms with van der Waals surface area (Å²) in [5.74, 6) is 1.74. The minimum absolute atomic E-state index is 0.150. The Kier molecular flexibility index (Phi) is 4.97. The highest BCUT2D eigenvalue weighted by Gasteiger charge is 2.18. The van der Waals surface area contributed by atoms with Crippen LogP contribution in [0.25, 0.3) is 33.7 Å². The molecule has 0 aliphatic rings. The molecule has 1 heterocycles. The van der Waals surface area contributed by atoms with E-state index in [-0.39, 0.29) is 11.4 Å². The molecule has 0 unspecified atom stereocenters. The fourth-order valence-electron chi connectivity index (χ4n) is 3.21. The highest BCUT2D eigenvalue weighted by atomic mass is 16.6. The number of fused-ring (bicyclic) bond motifs is 1. The highest BCUT2D eigenvalue weighted by molar-refractivity contribution is 5.83. The zero-order chi connectivity index (χ0) is 21.3. The van der Waals surface area contributed by atoms with E-state index in [9.17, 15) is 10.1 Å². The first-order valence-electron chi connectivity index (χ1n) is 9.00. The molecule has 0 radical (unpaired) electrons. The molecule has 1 aromatic heterocycles. The lowest BCUT2D eigenvalue weighted by atomic mass is 10.0. The van der Waals surface area contributed by atoms with Gasteiger partial charge in [0.1, 0.15) is 5.52 Å². The molecule has 3 aromatic carbocycles. The van der Waals surface area contributed by atoms with Crippen LogP contribution in [0, 0.1) is 10.1 Å². The molecule has 8 heteroatoms. The number of nitro benzene ring substituents is 1. The van der Waals surface area contributed by atoms with Crippen molar-refractivity contribution < 1.29 is 23.6 Å². The van der Waals surface area contributed by atoms with Gasteiger partial charge in [0.05, 0.1) is 26.3 Å². The first-order chi connectivity index (χ1) is 14.5. The summed E-state index contributed by atoms with van der Waals surface area (Å²) in [7, 11) is 4.56. The Labute approximate surface area is 171 Å². The second kappa shape index (κ2) is 7.75. The molecule has 0 spiro atoms. The van der Waals surface area contributed by atoms with E-state index in [1.165, 1.54) is 19.2 Å². The zero-order valence-corrected chi connectivity index (χ0v) is 16.5. The minimum atomic E-state index is -0.500. The zero-order valence-electron chi connectivity index (χ0n) is 16.5. The van der Waals surface area contributed by atoms with Crippen LogP contribution in [0.5, 0.6) is 17.2 Å². The monoisotopic (exact) mass is 406 g/mol. The number of hydrogen-bond acceptors (Lipinski definition) is 7. The van der Waals surface area contributed by atoms with E-state index in [2.05, 4.69) is 4.98 Å². The van der Waals surface area contributed by atoms with E-state index in [0.29, 0.717) is 34.1 Å². The molecular weight excluding hydrogens is 388 g/mol. The van der Waals surface area contributed by atoms with Gasteiger partial charge in [-0.2, -0.15) is 0 Å². The number of benzene rings is 3. The number of methoxy groups -OCH3 is 3. The third-order valence-corrected chi connectivity index (χ3v) is 4.73. The van der Waals surface area contributed by atoms with Gasteiger partial charge in [-0.25, -0.2) is 4.98 Å². The lowest BCUT2D eigenvalue weighted by Gasteiger charge is -2.09. The van der Waals surface area contributed by atoms with Crippen molar-refractivity contribution in [2.45, 2.75) is 0 Å². The van der Waals surface area contributed by atoms with Crippen LogP contribution < -0.4 is 14.2 Å². The quantitative estimate of drug-likeness (QED) is 0.325. The van der Waals surface area contributed by atoms with Crippen LogP contribution in [0.2, 0.25) is 0 Å². The molecule has 0 atom stereocenters. The number of nitrogens with zero attached hydrogens (tertiary/aromatic N) is 2. The van der Waals surface area contributed by atoms with E-state index in [4.69, 9.17) is 18.6 Å². The third-order valence-electron chi connectivity index (χ3n) is 4.73. The van der Waals surface area contributed by atoms with Crippen LogP contribution in [0.15, 0.2) is 59.0 Å². The molecule has 152 valence electrons. The SMILES string of the molecule is COc1ccc(-c2ccc3oc(-c4ccc(OC)c([N+](=O)[O-])c4)nc3c2)cc1OC. The van der Waals surface area contributed by atoms with Gasteiger partial charge in [-0.1, -0.05) is 12.1 Å². The number of rotatable bonds is 6. The van der Waals surface area contributed by atoms with Crippen LogP contribution in [0.3, 0.4) is 0 Å². The van der Waals surface area contributed by atoms with Gasteiger partial charge in [-0.15, -0.1) is 0 Å². The summed E-state index contributed by atoms with van der Waals surface area (Å²) in [5, 5.41) is 11.3. The van der Waals surface area contributed by atoms with Crippen molar-refractivity contribution in [3.8, 4) is 39.8 Å². The Bertz CT molecular complexity index is 1250. The van der Waals surface area contributed by atoms with Crippen LogP contribution in [-0.2, 0) is 0 Å². The number of oxazole rings is 1. The van der Waals surface area contributed by atoms with Crippen molar-refractivity contribution >= 4 is 16.8 Å². The lowest BCUT2D eigenvalue weighted by molar-refractivity contribution is -0.385. The summed E-state index contributed by atoms with van der Waals surface area (Å²) in [5.41, 5.74) is 3.40. The summed E-state index contributed by atoms with van der Waals surface area (Å²) in [6, 6.07) is 15.8. The van der Waals surface area contributed by atoms with Crippen LogP contribution >= 0.6 is 0 Å². The summed E-state index contributed by atoms with van der Waals surface area (Å²) in [4.78, 5) is 15.3. The standard InChI is InChI=1S/C22H18N2O6/c1-27-19-8-6-15(11-17(19)24(25)26)22-23-16-10-13(4-7-18(16)30-22)14-5-9-20(28-2)21(12-14)29-3/h4-12H,1-3H3. The fraction of sp³-hybridized carbons (Fsp3) is 0.136. The molecule has 0 saturated carbocycles. The fourth-order valence-corrected chi connectivity index (χ4v) is 3.21. The first-order valence-corrected chi connectivity index (χ1v) is 9.00. The summed E-state index contributed by atoms with van der Waals surface area (Å²) in [6.07, 6.45) is 0. The van der Waals surface area contributed by atoms with Gasteiger partial charge in [0.2, 0.25) is 5.89 Å². The summed E-state index contributed by atoms with van der Waals surface area (Å²) >= 11 is 0. The number of ether oxygens (including phenoxy) is 3. The van der Waals surface area contributed by atoms with Crippen LogP contribution in [0.4, 0.5) is 5.69 Å². The third kappa shape index (κ3) is 3.39. The van der Waals surface area contributed by atoms with E-state index < -0.39 is 4.92 Å². The predicted molar refractivity (Wildman–Crippen MR) is 111 cm³/mol. The summed E-state index contributed by atoms with van der Waals surface area (Å²) < 4.78 is 21.5. The highest BCUT2D eigenvalue weighted by Crippen LogP contribution is 2.36. The Morgan fingerprint density at radius 1 is 0.800 bits per heavy atom. The van der Waals surface area contributed by atoms with Gasteiger partial charge in [0.25, 0.3) is 0 Å². The van der Waals surface area contributed by atoms with E-state index in [1.807, 2.05) is 36.4 Å². The van der Waals surface area contributed by atoms with Gasteiger partial charge in [-0.3, -0.25) is 10.1 Å². The Hall–Kier alpha value is -4.07. The average molecular weight is 406 g/mol. The molecule has 0 amide bonds. The topological polar surface area (TPSA) is 96.9 Å². The smallest absolute Gasteiger partial charge is 0.311 e. The van der Waals surface area contributed by atoms with Gasteiger partial charge in [0, 0.05) is 11.6 Å². The maximum absolute atomic E-state index is 11.3. The molecule has 30 heavy (non-hydrogen) atoms. The molecule has 0 aliphatic heterocycles. The van der Waals surface area contributed by atoms with Gasteiger partial charge < -0.3 is 18.6 Å². The molecule has 0 N–H and O–H groups in total. The predicted octanol–water partition coefficient (Wildman–Crippen LogP) is 5.10. The average Bonchev–Trinajstić information content (AvgIpc) is 3.21. The van der Waals surface area contributed by atoms with Gasteiger partial charge in [-0.05, 0) is 47.5 Å². The normalized spacial score (nSPS) is 10.8. The van der Waals surface area contributed by atoms with Gasteiger partial charge >= 0.3 is 5.69 Å². The van der Waals surface area contributed by atoms with Crippen LogP contribution in [-0.4, -0.2) is 31.2 Å². The first kappa shape index (κ1) is 19.3. The Morgan fingerprint density at radius 3 is 2.13 bits per heavy atom. The Morgan fingerprint density at radius 2 is 1.43 bits per heavy atom. The van der Waals surface area contributed by atoms with Crippen molar-refractivity contribution in [2.24, 2.45) is 0 Å². The molecule has 0 saturated heterocycles. The molecule has 4 aromatic rings. The minimum Gasteiger partial charge on any atom is -0.493 e.